The average molecular weight is 351 g/mol. The number of ether oxygens (including phenoxy) is 1. The Bertz CT molecular complexity index is 685. The molecule has 0 saturated heterocycles. The Morgan fingerprint density at radius 3 is 2.84 bits per heavy atom. The van der Waals surface area contributed by atoms with Gasteiger partial charge in [-0.1, -0.05) is 19.8 Å². The van der Waals surface area contributed by atoms with Crippen LogP contribution in [-0.4, -0.2) is 33.0 Å². The van der Waals surface area contributed by atoms with Crippen molar-refractivity contribution in [2.75, 3.05) is 18.6 Å². The molecular formula is C17H23F2N5O. The van der Waals surface area contributed by atoms with Gasteiger partial charge in [0.15, 0.2) is 0 Å². The highest BCUT2D eigenvalue weighted by Gasteiger charge is 2.20. The van der Waals surface area contributed by atoms with Crippen molar-refractivity contribution >= 4 is 11.6 Å². The van der Waals surface area contributed by atoms with Gasteiger partial charge in [-0.3, -0.25) is 4.68 Å². The minimum Gasteiger partial charge on any atom is -0.475 e. The van der Waals surface area contributed by atoms with E-state index in [1.165, 1.54) is 23.7 Å². The van der Waals surface area contributed by atoms with Crippen molar-refractivity contribution in [2.45, 2.75) is 39.2 Å². The van der Waals surface area contributed by atoms with Crippen LogP contribution >= 0.6 is 0 Å². The molecule has 1 N–H and O–H groups in total. The standard InChI is InChI=1S/C17H23F2N5O/c1-12-2-4-13(5-3-12)11-25-16-15(19)9-20-17(23-16)22-14-8-21-24(10-14)7-6-18/h8-10,12-13H,2-7,11H2,1H3,(H,20,22,23). The minimum atomic E-state index is -0.581. The maximum atomic E-state index is 13.9. The van der Waals surface area contributed by atoms with Crippen molar-refractivity contribution < 1.29 is 13.5 Å². The van der Waals surface area contributed by atoms with E-state index >= 15 is 0 Å². The number of alkyl halides is 1. The highest BCUT2D eigenvalue weighted by molar-refractivity contribution is 5.50. The first-order valence-corrected chi connectivity index (χ1v) is 8.65. The zero-order chi connectivity index (χ0) is 17.6. The third-order valence-corrected chi connectivity index (χ3v) is 4.51. The molecule has 0 aliphatic heterocycles. The molecule has 1 saturated carbocycles. The molecular weight excluding hydrogens is 328 g/mol. The summed E-state index contributed by atoms with van der Waals surface area (Å²) in [6.45, 7) is 2.41. The lowest BCUT2D eigenvalue weighted by Gasteiger charge is -2.25. The van der Waals surface area contributed by atoms with Gasteiger partial charge in [-0.05, 0) is 24.7 Å². The van der Waals surface area contributed by atoms with Crippen LogP contribution in [0, 0.1) is 17.7 Å². The topological polar surface area (TPSA) is 64.9 Å². The summed E-state index contributed by atoms with van der Waals surface area (Å²) in [6.07, 6.45) is 8.84. The fourth-order valence-corrected chi connectivity index (χ4v) is 2.97. The zero-order valence-corrected chi connectivity index (χ0v) is 14.3. The van der Waals surface area contributed by atoms with Gasteiger partial charge in [0.1, 0.15) is 6.67 Å². The molecule has 0 aromatic carbocycles. The summed E-state index contributed by atoms with van der Waals surface area (Å²) < 4.78 is 33.3. The third-order valence-electron chi connectivity index (χ3n) is 4.51. The number of halogens is 2. The number of nitrogens with zero attached hydrogens (tertiary/aromatic N) is 4. The molecule has 0 radical (unpaired) electrons. The largest absolute Gasteiger partial charge is 0.475 e. The molecule has 2 aromatic rings. The summed E-state index contributed by atoms with van der Waals surface area (Å²) in [4.78, 5) is 8.00. The van der Waals surface area contributed by atoms with E-state index in [2.05, 4.69) is 27.3 Å². The molecule has 0 atom stereocenters. The van der Waals surface area contributed by atoms with Gasteiger partial charge in [-0.25, -0.2) is 9.37 Å². The van der Waals surface area contributed by atoms with E-state index in [4.69, 9.17) is 4.74 Å². The van der Waals surface area contributed by atoms with Crippen LogP contribution in [-0.2, 0) is 6.54 Å². The van der Waals surface area contributed by atoms with Crippen molar-refractivity contribution in [1.82, 2.24) is 19.7 Å². The lowest BCUT2D eigenvalue weighted by Crippen LogP contribution is -2.19. The van der Waals surface area contributed by atoms with E-state index in [1.807, 2.05) is 0 Å². The number of aromatic nitrogens is 4. The molecule has 1 aliphatic carbocycles. The van der Waals surface area contributed by atoms with Crippen LogP contribution in [0.15, 0.2) is 18.6 Å². The molecule has 1 fully saturated rings. The molecule has 0 unspecified atom stereocenters. The summed E-state index contributed by atoms with van der Waals surface area (Å²) >= 11 is 0. The number of anilines is 2. The van der Waals surface area contributed by atoms with Crippen molar-refractivity contribution in [3.8, 4) is 5.88 Å². The average Bonchev–Trinajstić information content (AvgIpc) is 3.04. The summed E-state index contributed by atoms with van der Waals surface area (Å²) in [5, 5.41) is 6.92. The lowest BCUT2D eigenvalue weighted by atomic mass is 9.83. The van der Waals surface area contributed by atoms with Crippen LogP contribution in [0.2, 0.25) is 0 Å². The maximum absolute atomic E-state index is 13.9. The van der Waals surface area contributed by atoms with Crippen molar-refractivity contribution in [1.29, 1.82) is 0 Å². The Morgan fingerprint density at radius 2 is 2.08 bits per heavy atom. The molecule has 0 spiro atoms. The Labute approximate surface area is 145 Å². The number of nitrogens with one attached hydrogen (secondary N) is 1. The number of aryl methyl sites for hydroxylation is 1. The van der Waals surface area contributed by atoms with Gasteiger partial charge in [0.05, 0.1) is 31.2 Å². The zero-order valence-electron chi connectivity index (χ0n) is 14.3. The Kier molecular flexibility index (Phi) is 5.78. The molecule has 6 nitrogen and oxygen atoms in total. The molecule has 0 bridgehead atoms. The number of rotatable bonds is 7. The van der Waals surface area contributed by atoms with Gasteiger partial charge in [0.25, 0.3) is 5.88 Å². The maximum Gasteiger partial charge on any atom is 0.255 e. The monoisotopic (exact) mass is 351 g/mol. The number of hydrogen-bond donors (Lipinski definition) is 1. The Morgan fingerprint density at radius 1 is 1.28 bits per heavy atom. The van der Waals surface area contributed by atoms with Crippen LogP contribution in [0.3, 0.4) is 0 Å². The fourth-order valence-electron chi connectivity index (χ4n) is 2.97. The van der Waals surface area contributed by atoms with Crippen LogP contribution in [0.25, 0.3) is 0 Å². The molecule has 8 heteroatoms. The van der Waals surface area contributed by atoms with Crippen LogP contribution in [0.1, 0.15) is 32.6 Å². The predicted molar refractivity (Wildman–Crippen MR) is 90.1 cm³/mol. The van der Waals surface area contributed by atoms with E-state index in [1.54, 1.807) is 6.20 Å². The highest BCUT2D eigenvalue weighted by atomic mass is 19.1. The van der Waals surface area contributed by atoms with E-state index in [0.29, 0.717) is 18.2 Å². The number of hydrogen-bond acceptors (Lipinski definition) is 5. The predicted octanol–water partition coefficient (Wildman–Crippen LogP) is 3.73. The van der Waals surface area contributed by atoms with Gasteiger partial charge < -0.3 is 10.1 Å². The van der Waals surface area contributed by atoms with E-state index in [9.17, 15) is 8.78 Å². The molecule has 136 valence electrons. The van der Waals surface area contributed by atoms with Crippen LogP contribution in [0.5, 0.6) is 5.88 Å². The van der Waals surface area contributed by atoms with Crippen molar-refractivity contribution in [2.24, 2.45) is 11.8 Å². The van der Waals surface area contributed by atoms with E-state index in [-0.39, 0.29) is 18.4 Å². The molecule has 1 aliphatic rings. The second kappa shape index (κ2) is 8.22. The fraction of sp³-hybridized carbons (Fsp3) is 0.588. The van der Waals surface area contributed by atoms with E-state index < -0.39 is 12.5 Å². The molecule has 0 amide bonds. The van der Waals surface area contributed by atoms with Gasteiger partial charge >= 0.3 is 0 Å². The SMILES string of the molecule is CC1CCC(COc2nc(Nc3cnn(CCF)c3)ncc2F)CC1. The third kappa shape index (κ3) is 4.87. The second-order valence-corrected chi connectivity index (χ2v) is 6.59. The molecule has 2 aromatic heterocycles. The Balaban J connectivity index is 1.59. The van der Waals surface area contributed by atoms with E-state index in [0.717, 1.165) is 25.0 Å². The van der Waals surface area contributed by atoms with Gasteiger partial charge in [0, 0.05) is 6.20 Å². The molecule has 25 heavy (non-hydrogen) atoms. The Hall–Kier alpha value is -2.25. The normalized spacial score (nSPS) is 20.4. The first-order valence-electron chi connectivity index (χ1n) is 8.65. The molecule has 2 heterocycles. The summed E-state index contributed by atoms with van der Waals surface area (Å²) in [6, 6.07) is 0. The van der Waals surface area contributed by atoms with Crippen molar-refractivity contribution in [3.63, 3.8) is 0 Å². The lowest BCUT2D eigenvalue weighted by molar-refractivity contribution is 0.178. The summed E-state index contributed by atoms with van der Waals surface area (Å²) in [7, 11) is 0. The quantitative estimate of drug-likeness (QED) is 0.823. The first-order chi connectivity index (χ1) is 12.1. The van der Waals surface area contributed by atoms with Gasteiger partial charge in [0.2, 0.25) is 11.8 Å². The van der Waals surface area contributed by atoms with Crippen LogP contribution in [0.4, 0.5) is 20.4 Å². The summed E-state index contributed by atoms with van der Waals surface area (Å²) in [5.74, 6) is 0.797. The smallest absolute Gasteiger partial charge is 0.255 e. The van der Waals surface area contributed by atoms with Crippen LogP contribution < -0.4 is 10.1 Å². The minimum absolute atomic E-state index is 0.0488. The van der Waals surface area contributed by atoms with Gasteiger partial charge in [-0.2, -0.15) is 14.5 Å². The van der Waals surface area contributed by atoms with Gasteiger partial charge in [-0.15, -0.1) is 0 Å². The highest BCUT2D eigenvalue weighted by Crippen LogP contribution is 2.29. The molecule has 3 rings (SSSR count). The first kappa shape index (κ1) is 17.6. The van der Waals surface area contributed by atoms with Crippen molar-refractivity contribution in [3.05, 3.63) is 24.4 Å². The summed E-state index contributed by atoms with van der Waals surface area (Å²) in [5.41, 5.74) is 0.604. The second-order valence-electron chi connectivity index (χ2n) is 6.59.